The van der Waals surface area contributed by atoms with Gasteiger partial charge in [-0.1, -0.05) is 78.9 Å². The minimum atomic E-state index is 0.473. The Morgan fingerprint density at radius 3 is 1.82 bits per heavy atom. The Labute approximate surface area is 290 Å². The van der Waals surface area contributed by atoms with Crippen molar-refractivity contribution in [1.29, 1.82) is 0 Å². The second-order valence-electron chi connectivity index (χ2n) is 12.9. The Morgan fingerprint density at radius 2 is 1.00 bits per heavy atom. The van der Waals surface area contributed by atoms with E-state index in [-0.39, 0.29) is 0 Å². The standard InChI is InChI=1S/C45H26N4O2/c1-2-13-32(14-3-1)49-37-16-8-7-15-33(37)34-23-30(18-20-38(34)49)43-46-44(48-45(47-43)42-26-29-12-6-9-17-39(29)50-42)31-19-21-40-35(24-31)36-22-27-10-4-5-11-28(27)25-41(36)51-40/h1-26H. The van der Waals surface area contributed by atoms with Crippen LogP contribution in [0.2, 0.25) is 0 Å². The maximum atomic E-state index is 6.31. The molecular formula is C45H26N4O2. The second-order valence-corrected chi connectivity index (χ2v) is 12.9. The van der Waals surface area contributed by atoms with Gasteiger partial charge in [0.1, 0.15) is 16.7 Å². The predicted octanol–water partition coefficient (Wildman–Crippen LogP) is 11.8. The molecule has 0 amide bonds. The molecule has 0 aliphatic rings. The van der Waals surface area contributed by atoms with Gasteiger partial charge in [0.05, 0.1) is 11.0 Å². The molecule has 4 heterocycles. The molecule has 0 aliphatic carbocycles. The molecule has 0 saturated heterocycles. The Morgan fingerprint density at radius 1 is 0.373 bits per heavy atom. The van der Waals surface area contributed by atoms with Crippen LogP contribution in [0.25, 0.3) is 106 Å². The molecule has 0 spiro atoms. The molecule has 0 atom stereocenters. The van der Waals surface area contributed by atoms with Crippen LogP contribution in [0.3, 0.4) is 0 Å². The largest absolute Gasteiger partial charge is 0.456 e. The molecule has 0 radical (unpaired) electrons. The lowest BCUT2D eigenvalue weighted by Crippen LogP contribution is -2.00. The summed E-state index contributed by atoms with van der Waals surface area (Å²) < 4.78 is 14.9. The van der Waals surface area contributed by atoms with E-state index in [1.807, 2.05) is 54.6 Å². The van der Waals surface area contributed by atoms with Gasteiger partial charge in [-0.3, -0.25) is 0 Å². The van der Waals surface area contributed by atoms with Gasteiger partial charge in [0.15, 0.2) is 23.2 Å². The van der Waals surface area contributed by atoms with Gasteiger partial charge < -0.3 is 13.4 Å². The van der Waals surface area contributed by atoms with E-state index in [4.69, 9.17) is 23.8 Å². The average molecular weight is 655 g/mol. The number of rotatable bonds is 4. The van der Waals surface area contributed by atoms with Crippen molar-refractivity contribution in [3.63, 3.8) is 0 Å². The molecule has 11 aromatic rings. The third kappa shape index (κ3) is 4.40. The van der Waals surface area contributed by atoms with Crippen molar-refractivity contribution in [3.05, 3.63) is 158 Å². The highest BCUT2D eigenvalue weighted by Gasteiger charge is 2.19. The topological polar surface area (TPSA) is 69.9 Å². The fourth-order valence-electron chi connectivity index (χ4n) is 7.40. The lowest BCUT2D eigenvalue weighted by Gasteiger charge is -2.09. The van der Waals surface area contributed by atoms with Gasteiger partial charge >= 0.3 is 0 Å². The van der Waals surface area contributed by atoms with E-state index < -0.39 is 0 Å². The van der Waals surface area contributed by atoms with Gasteiger partial charge in [0, 0.05) is 43.7 Å². The first kappa shape index (κ1) is 27.9. The maximum Gasteiger partial charge on any atom is 0.199 e. The van der Waals surface area contributed by atoms with Crippen molar-refractivity contribution >= 4 is 65.5 Å². The normalized spacial score (nSPS) is 11.9. The number of fused-ring (bicyclic) bond motifs is 8. The number of hydrogen-bond donors (Lipinski definition) is 0. The molecule has 0 unspecified atom stereocenters. The first-order valence-corrected chi connectivity index (χ1v) is 16.9. The third-order valence-electron chi connectivity index (χ3n) is 9.82. The summed E-state index contributed by atoms with van der Waals surface area (Å²) in [5, 5.41) is 7.65. The van der Waals surface area contributed by atoms with Crippen LogP contribution in [0.15, 0.2) is 167 Å². The summed E-state index contributed by atoms with van der Waals surface area (Å²) >= 11 is 0. The zero-order valence-electron chi connectivity index (χ0n) is 27.1. The van der Waals surface area contributed by atoms with E-state index in [1.54, 1.807) is 0 Å². The van der Waals surface area contributed by atoms with E-state index in [9.17, 15) is 0 Å². The summed E-state index contributed by atoms with van der Waals surface area (Å²) in [5.41, 5.74) is 7.57. The summed E-state index contributed by atoms with van der Waals surface area (Å²) in [5.74, 6) is 2.18. The lowest BCUT2D eigenvalue weighted by atomic mass is 10.0. The number of benzene rings is 7. The lowest BCUT2D eigenvalue weighted by molar-refractivity contribution is 0.625. The van der Waals surface area contributed by atoms with Crippen molar-refractivity contribution in [2.45, 2.75) is 0 Å². The van der Waals surface area contributed by atoms with Crippen LogP contribution in [-0.2, 0) is 0 Å². The van der Waals surface area contributed by atoms with Crippen LogP contribution in [0, 0.1) is 0 Å². The van der Waals surface area contributed by atoms with Crippen LogP contribution < -0.4 is 0 Å². The fraction of sp³-hybridized carbons (Fsp3) is 0. The van der Waals surface area contributed by atoms with Crippen molar-refractivity contribution in [2.24, 2.45) is 0 Å². The van der Waals surface area contributed by atoms with Crippen molar-refractivity contribution in [1.82, 2.24) is 19.5 Å². The van der Waals surface area contributed by atoms with Crippen molar-refractivity contribution in [2.75, 3.05) is 0 Å². The summed E-state index contributed by atoms with van der Waals surface area (Å²) in [6, 6.07) is 54.2. The number of nitrogens with zero attached hydrogens (tertiary/aromatic N) is 4. The minimum Gasteiger partial charge on any atom is -0.456 e. The van der Waals surface area contributed by atoms with Crippen LogP contribution in [-0.4, -0.2) is 19.5 Å². The SMILES string of the molecule is c1ccc(-n2c3ccccc3c3cc(-c4nc(-c5ccc6oc7cc8ccccc8cc7c6c5)nc(-c5cc6ccccc6o5)n4)ccc32)cc1. The molecule has 0 bridgehead atoms. The molecule has 0 fully saturated rings. The van der Waals surface area contributed by atoms with E-state index >= 15 is 0 Å². The Kier molecular flexibility index (Phi) is 5.86. The van der Waals surface area contributed by atoms with Crippen LogP contribution in [0.4, 0.5) is 0 Å². The average Bonchev–Trinajstić information content (AvgIpc) is 3.88. The van der Waals surface area contributed by atoms with Gasteiger partial charge in [0.25, 0.3) is 0 Å². The van der Waals surface area contributed by atoms with Crippen LogP contribution >= 0.6 is 0 Å². The molecule has 6 heteroatoms. The van der Waals surface area contributed by atoms with E-state index in [1.165, 1.54) is 0 Å². The van der Waals surface area contributed by atoms with E-state index in [0.29, 0.717) is 23.2 Å². The summed E-state index contributed by atoms with van der Waals surface area (Å²) in [6.45, 7) is 0. The van der Waals surface area contributed by atoms with Crippen LogP contribution in [0.1, 0.15) is 0 Å². The Balaban J connectivity index is 1.13. The first-order valence-electron chi connectivity index (χ1n) is 16.9. The zero-order chi connectivity index (χ0) is 33.5. The second kappa shape index (κ2) is 10.7. The molecule has 0 aliphatic heterocycles. The Hall–Kier alpha value is -7.05. The molecule has 0 saturated carbocycles. The smallest absolute Gasteiger partial charge is 0.199 e. The highest BCUT2D eigenvalue weighted by atomic mass is 16.3. The molecule has 11 rings (SSSR count). The molecule has 238 valence electrons. The first-order chi connectivity index (χ1) is 25.2. The van der Waals surface area contributed by atoms with Gasteiger partial charge in [-0.2, -0.15) is 0 Å². The van der Waals surface area contributed by atoms with Gasteiger partial charge in [0.2, 0.25) is 0 Å². The number of hydrogen-bond acceptors (Lipinski definition) is 5. The summed E-state index contributed by atoms with van der Waals surface area (Å²) in [7, 11) is 0. The minimum absolute atomic E-state index is 0.473. The molecular weight excluding hydrogens is 629 g/mol. The molecule has 4 aromatic heterocycles. The van der Waals surface area contributed by atoms with Crippen molar-refractivity contribution in [3.8, 4) is 40.0 Å². The zero-order valence-corrected chi connectivity index (χ0v) is 27.1. The fourth-order valence-corrected chi connectivity index (χ4v) is 7.40. The van der Waals surface area contributed by atoms with Gasteiger partial charge in [-0.05, 0) is 89.6 Å². The number of aromatic nitrogens is 4. The monoisotopic (exact) mass is 654 g/mol. The summed E-state index contributed by atoms with van der Waals surface area (Å²) in [4.78, 5) is 15.2. The predicted molar refractivity (Wildman–Crippen MR) is 205 cm³/mol. The highest BCUT2D eigenvalue weighted by molar-refractivity contribution is 6.12. The number of furan rings is 2. The van der Waals surface area contributed by atoms with Crippen molar-refractivity contribution < 1.29 is 8.83 Å². The van der Waals surface area contributed by atoms with Gasteiger partial charge in [-0.15, -0.1) is 0 Å². The molecule has 7 aromatic carbocycles. The summed E-state index contributed by atoms with van der Waals surface area (Å²) in [6.07, 6.45) is 0. The maximum absolute atomic E-state index is 6.31. The third-order valence-corrected chi connectivity index (χ3v) is 9.82. The molecule has 51 heavy (non-hydrogen) atoms. The molecule has 6 nitrogen and oxygen atoms in total. The number of para-hydroxylation sites is 3. The van der Waals surface area contributed by atoms with Gasteiger partial charge in [-0.25, -0.2) is 15.0 Å². The van der Waals surface area contributed by atoms with E-state index in [2.05, 4.69) is 108 Å². The quantitative estimate of drug-likeness (QED) is 0.189. The Bertz CT molecular complexity index is 3120. The molecule has 0 N–H and O–H groups in total. The van der Waals surface area contributed by atoms with E-state index in [0.717, 1.165) is 82.3 Å². The van der Waals surface area contributed by atoms with Crippen LogP contribution in [0.5, 0.6) is 0 Å². The highest BCUT2D eigenvalue weighted by Crippen LogP contribution is 2.37.